The maximum atomic E-state index is 14.1. The summed E-state index contributed by atoms with van der Waals surface area (Å²) < 4.78 is 2.12. The standard InChI is InChI=1S/C30H40N6O2/c1-19-18-36(25-14-9-8-13-23(19)25)27-17-24(32-21(3)33-27)26-15-10-16-35(26)30(38)28(22-11-6-5-7-12-22)34-29(37)20(2)31-4/h8-9,13-14,17-18,20,22,26,28,31H,5-7,10-12,15-16H2,1-4H3,(H,34,37)/t20?,26-,28-/m0/s1. The van der Waals surface area contributed by atoms with Crippen LogP contribution in [0.5, 0.6) is 0 Å². The Morgan fingerprint density at radius 2 is 1.79 bits per heavy atom. The summed E-state index contributed by atoms with van der Waals surface area (Å²) >= 11 is 0. The molecule has 8 nitrogen and oxygen atoms in total. The van der Waals surface area contributed by atoms with Crippen molar-refractivity contribution in [3.05, 3.63) is 53.6 Å². The predicted octanol–water partition coefficient (Wildman–Crippen LogP) is 4.37. The SMILES string of the molecule is CNC(C)C(=O)N[C@H](C(=O)N1CCC[C@H]1c1cc(-n2cc(C)c3ccccc32)nc(C)n1)C1CCCCC1. The number of para-hydroxylation sites is 1. The Morgan fingerprint density at radius 1 is 1.03 bits per heavy atom. The van der Waals surface area contributed by atoms with Gasteiger partial charge in [0, 0.05) is 24.2 Å². The van der Waals surface area contributed by atoms with Gasteiger partial charge in [-0.15, -0.1) is 0 Å². The van der Waals surface area contributed by atoms with E-state index in [0.717, 1.165) is 55.6 Å². The molecule has 1 aliphatic carbocycles. The highest BCUT2D eigenvalue weighted by Crippen LogP contribution is 2.35. The fourth-order valence-corrected chi connectivity index (χ4v) is 6.18. The number of amides is 2. The van der Waals surface area contributed by atoms with Crippen LogP contribution in [-0.4, -0.2) is 56.9 Å². The number of benzene rings is 1. The molecule has 2 N–H and O–H groups in total. The number of carbonyl (C=O) groups excluding carboxylic acids is 2. The highest BCUT2D eigenvalue weighted by molar-refractivity contribution is 5.90. The largest absolute Gasteiger partial charge is 0.343 e. The second-order valence-corrected chi connectivity index (χ2v) is 11.0. The number of aromatic nitrogens is 3. The molecule has 1 aromatic carbocycles. The maximum absolute atomic E-state index is 14.1. The van der Waals surface area contributed by atoms with Crippen LogP contribution in [0.1, 0.15) is 75.0 Å². The summed E-state index contributed by atoms with van der Waals surface area (Å²) in [6, 6.07) is 9.38. The summed E-state index contributed by atoms with van der Waals surface area (Å²) in [5.74, 6) is 1.57. The molecule has 1 unspecified atom stereocenters. The Kier molecular flexibility index (Phi) is 7.79. The summed E-state index contributed by atoms with van der Waals surface area (Å²) in [4.78, 5) is 38.6. The van der Waals surface area contributed by atoms with Gasteiger partial charge in [-0.05, 0) is 71.0 Å². The lowest BCUT2D eigenvalue weighted by molar-refractivity contribution is -0.139. The van der Waals surface area contributed by atoms with E-state index in [1.165, 1.54) is 17.4 Å². The highest BCUT2D eigenvalue weighted by atomic mass is 16.2. The van der Waals surface area contributed by atoms with Crippen molar-refractivity contribution in [3.63, 3.8) is 0 Å². The molecule has 3 heterocycles. The van der Waals surface area contributed by atoms with Crippen LogP contribution in [-0.2, 0) is 9.59 Å². The average Bonchev–Trinajstić information content (AvgIpc) is 3.56. The second kappa shape index (κ2) is 11.2. The van der Waals surface area contributed by atoms with Gasteiger partial charge >= 0.3 is 0 Å². The van der Waals surface area contributed by atoms with Gasteiger partial charge in [0.1, 0.15) is 17.7 Å². The van der Waals surface area contributed by atoms with Crippen LogP contribution in [0.4, 0.5) is 0 Å². The zero-order valence-corrected chi connectivity index (χ0v) is 23.0. The van der Waals surface area contributed by atoms with E-state index in [4.69, 9.17) is 9.97 Å². The molecule has 5 rings (SSSR count). The smallest absolute Gasteiger partial charge is 0.246 e. The summed E-state index contributed by atoms with van der Waals surface area (Å²) in [6.07, 6.45) is 9.23. The lowest BCUT2D eigenvalue weighted by Crippen LogP contribution is -2.55. The Balaban J connectivity index is 1.46. The van der Waals surface area contributed by atoms with Crippen molar-refractivity contribution in [2.75, 3.05) is 13.6 Å². The zero-order chi connectivity index (χ0) is 26.8. The molecule has 3 aromatic rings. The first kappa shape index (κ1) is 26.4. The van der Waals surface area contributed by atoms with E-state index in [0.29, 0.717) is 12.4 Å². The van der Waals surface area contributed by atoms with Crippen LogP contribution in [0, 0.1) is 19.8 Å². The molecule has 2 amide bonds. The molecule has 2 fully saturated rings. The monoisotopic (exact) mass is 516 g/mol. The van der Waals surface area contributed by atoms with Gasteiger partial charge in [0.25, 0.3) is 0 Å². The number of rotatable bonds is 7. The summed E-state index contributed by atoms with van der Waals surface area (Å²) in [5, 5.41) is 7.33. The Bertz CT molecular complexity index is 1310. The zero-order valence-electron chi connectivity index (χ0n) is 23.0. The molecule has 202 valence electrons. The molecule has 3 atom stereocenters. The van der Waals surface area contributed by atoms with Crippen molar-refractivity contribution in [2.45, 2.75) is 83.8 Å². The van der Waals surface area contributed by atoms with Gasteiger partial charge in [-0.3, -0.25) is 9.59 Å². The fourth-order valence-electron chi connectivity index (χ4n) is 6.18. The van der Waals surface area contributed by atoms with Gasteiger partial charge in [-0.1, -0.05) is 37.5 Å². The third-order valence-corrected chi connectivity index (χ3v) is 8.39. The molecule has 8 heteroatoms. The van der Waals surface area contributed by atoms with Crippen LogP contribution < -0.4 is 10.6 Å². The van der Waals surface area contributed by atoms with Crippen molar-refractivity contribution in [3.8, 4) is 5.82 Å². The number of hydrogen-bond acceptors (Lipinski definition) is 5. The van der Waals surface area contributed by atoms with E-state index in [2.05, 4.69) is 46.5 Å². The van der Waals surface area contributed by atoms with Gasteiger partial charge in [0.15, 0.2) is 0 Å². The molecule has 1 saturated carbocycles. The van der Waals surface area contributed by atoms with Gasteiger partial charge < -0.3 is 20.1 Å². The number of nitrogens with one attached hydrogen (secondary N) is 2. The van der Waals surface area contributed by atoms with Crippen LogP contribution in [0.2, 0.25) is 0 Å². The minimum Gasteiger partial charge on any atom is -0.343 e. The summed E-state index contributed by atoms with van der Waals surface area (Å²) in [6.45, 7) is 6.53. The number of likely N-dealkylation sites (N-methyl/N-ethyl adjacent to an activating group) is 1. The number of hydrogen-bond donors (Lipinski definition) is 2. The van der Waals surface area contributed by atoms with Crippen LogP contribution in [0.15, 0.2) is 36.5 Å². The topological polar surface area (TPSA) is 92.2 Å². The third kappa shape index (κ3) is 5.19. The van der Waals surface area contributed by atoms with Crippen molar-refractivity contribution in [2.24, 2.45) is 5.92 Å². The van der Waals surface area contributed by atoms with Crippen molar-refractivity contribution in [1.82, 2.24) is 30.1 Å². The number of carbonyl (C=O) groups is 2. The maximum Gasteiger partial charge on any atom is 0.246 e. The molecule has 0 bridgehead atoms. The van der Waals surface area contributed by atoms with Crippen molar-refractivity contribution >= 4 is 22.7 Å². The van der Waals surface area contributed by atoms with Gasteiger partial charge in [-0.25, -0.2) is 9.97 Å². The molecule has 2 aromatic heterocycles. The highest BCUT2D eigenvalue weighted by Gasteiger charge is 2.39. The number of fused-ring (bicyclic) bond motifs is 1. The minimum atomic E-state index is -0.502. The minimum absolute atomic E-state index is 0.0242. The molecular formula is C30H40N6O2. The Morgan fingerprint density at radius 3 is 2.55 bits per heavy atom. The molecule has 0 radical (unpaired) electrons. The summed E-state index contributed by atoms with van der Waals surface area (Å²) in [5.41, 5.74) is 3.16. The molecule has 38 heavy (non-hydrogen) atoms. The summed E-state index contributed by atoms with van der Waals surface area (Å²) in [7, 11) is 1.77. The Labute approximate surface area is 225 Å². The van der Waals surface area contributed by atoms with Crippen LogP contribution in [0.25, 0.3) is 16.7 Å². The van der Waals surface area contributed by atoms with Crippen molar-refractivity contribution < 1.29 is 9.59 Å². The number of likely N-dealkylation sites (tertiary alicyclic amines) is 1. The van der Waals surface area contributed by atoms with Crippen molar-refractivity contribution in [1.29, 1.82) is 0 Å². The molecular weight excluding hydrogens is 476 g/mol. The second-order valence-electron chi connectivity index (χ2n) is 11.0. The quantitative estimate of drug-likeness (QED) is 0.486. The number of aryl methyl sites for hydroxylation is 2. The lowest BCUT2D eigenvalue weighted by Gasteiger charge is -2.35. The normalized spacial score (nSPS) is 20.0. The van der Waals surface area contributed by atoms with Crippen LogP contribution >= 0.6 is 0 Å². The van der Waals surface area contributed by atoms with Crippen LogP contribution in [0.3, 0.4) is 0 Å². The first-order valence-electron chi connectivity index (χ1n) is 14.1. The molecule has 1 aliphatic heterocycles. The molecule has 0 spiro atoms. The fraction of sp³-hybridized carbons (Fsp3) is 0.533. The first-order valence-corrected chi connectivity index (χ1v) is 14.1. The molecule has 2 aliphatic rings. The predicted molar refractivity (Wildman–Crippen MR) is 149 cm³/mol. The third-order valence-electron chi connectivity index (χ3n) is 8.39. The van der Waals surface area contributed by atoms with Gasteiger partial charge in [0.2, 0.25) is 11.8 Å². The first-order chi connectivity index (χ1) is 18.4. The van der Waals surface area contributed by atoms with E-state index >= 15 is 0 Å². The Hall–Kier alpha value is -3.26. The van der Waals surface area contributed by atoms with E-state index in [1.54, 1.807) is 7.05 Å². The van der Waals surface area contributed by atoms with E-state index in [-0.39, 0.29) is 29.8 Å². The lowest BCUT2D eigenvalue weighted by atomic mass is 9.83. The van der Waals surface area contributed by atoms with E-state index < -0.39 is 6.04 Å². The average molecular weight is 517 g/mol. The molecule has 1 saturated heterocycles. The van der Waals surface area contributed by atoms with Gasteiger partial charge in [0.05, 0.1) is 23.3 Å². The van der Waals surface area contributed by atoms with E-state index in [1.807, 2.05) is 30.9 Å². The van der Waals surface area contributed by atoms with Gasteiger partial charge in [-0.2, -0.15) is 0 Å². The van der Waals surface area contributed by atoms with E-state index in [9.17, 15) is 9.59 Å². The number of nitrogens with zero attached hydrogens (tertiary/aromatic N) is 4.